The molecule has 0 spiro atoms. The fraction of sp³-hybridized carbons (Fsp3) is 0.267. The van der Waals surface area contributed by atoms with Crippen molar-refractivity contribution < 1.29 is 9.53 Å². The fourth-order valence-electron chi connectivity index (χ4n) is 2.67. The highest BCUT2D eigenvalue weighted by Gasteiger charge is 2.28. The third-order valence-electron chi connectivity index (χ3n) is 3.78. The topological polar surface area (TPSA) is 71.1 Å². The number of nitrogens with one attached hydrogen (secondary N) is 1. The minimum absolute atomic E-state index is 0.0194. The van der Waals surface area contributed by atoms with Gasteiger partial charge in [-0.2, -0.15) is 0 Å². The van der Waals surface area contributed by atoms with Gasteiger partial charge < -0.3 is 14.6 Å². The van der Waals surface area contributed by atoms with Gasteiger partial charge in [0, 0.05) is 30.1 Å². The van der Waals surface area contributed by atoms with E-state index in [4.69, 9.17) is 4.74 Å². The SMILES string of the molecule is O=C(c1ccc2nc[nH]c2c1)N1CCC(Oc2nccs2)C1. The van der Waals surface area contributed by atoms with E-state index < -0.39 is 0 Å². The molecule has 1 amide bonds. The molecule has 0 bridgehead atoms. The highest BCUT2D eigenvalue weighted by molar-refractivity contribution is 7.11. The Morgan fingerprint density at radius 1 is 1.41 bits per heavy atom. The molecule has 1 unspecified atom stereocenters. The van der Waals surface area contributed by atoms with E-state index in [1.165, 1.54) is 11.3 Å². The largest absolute Gasteiger partial charge is 0.465 e. The molecule has 3 aromatic rings. The summed E-state index contributed by atoms with van der Waals surface area (Å²) < 4.78 is 5.79. The Hall–Kier alpha value is -2.41. The summed E-state index contributed by atoms with van der Waals surface area (Å²) in [6.07, 6.45) is 4.20. The summed E-state index contributed by atoms with van der Waals surface area (Å²) in [6.45, 7) is 1.30. The van der Waals surface area contributed by atoms with Gasteiger partial charge in [0.25, 0.3) is 11.1 Å². The predicted octanol–water partition coefficient (Wildman–Crippen LogP) is 2.31. The number of carbonyl (C=O) groups is 1. The summed E-state index contributed by atoms with van der Waals surface area (Å²) in [4.78, 5) is 25.7. The number of carbonyl (C=O) groups excluding carboxylic acids is 1. The van der Waals surface area contributed by atoms with Crippen LogP contribution < -0.4 is 4.74 Å². The number of aromatic amines is 1. The monoisotopic (exact) mass is 314 g/mol. The molecule has 1 aliphatic rings. The zero-order chi connectivity index (χ0) is 14.9. The van der Waals surface area contributed by atoms with E-state index >= 15 is 0 Å². The third kappa shape index (κ3) is 2.43. The molecule has 1 fully saturated rings. The van der Waals surface area contributed by atoms with Gasteiger partial charge in [0.2, 0.25) is 0 Å². The highest BCUT2D eigenvalue weighted by Crippen LogP contribution is 2.22. The van der Waals surface area contributed by atoms with Gasteiger partial charge in [-0.05, 0) is 18.2 Å². The summed E-state index contributed by atoms with van der Waals surface area (Å²) in [6, 6.07) is 5.53. The van der Waals surface area contributed by atoms with Crippen LogP contribution in [0.15, 0.2) is 36.1 Å². The molecule has 0 saturated carbocycles. The van der Waals surface area contributed by atoms with Crippen LogP contribution in [0.1, 0.15) is 16.8 Å². The number of nitrogens with zero attached hydrogens (tertiary/aromatic N) is 3. The number of thiazole rings is 1. The van der Waals surface area contributed by atoms with Gasteiger partial charge in [-0.25, -0.2) is 9.97 Å². The van der Waals surface area contributed by atoms with Crippen molar-refractivity contribution in [2.24, 2.45) is 0 Å². The molecule has 3 heterocycles. The van der Waals surface area contributed by atoms with Gasteiger partial charge in [0.15, 0.2) is 0 Å². The van der Waals surface area contributed by atoms with Gasteiger partial charge in [-0.1, -0.05) is 11.3 Å². The normalized spacial score (nSPS) is 18.0. The first-order chi connectivity index (χ1) is 10.8. The van der Waals surface area contributed by atoms with Crippen molar-refractivity contribution in [1.82, 2.24) is 19.9 Å². The molecule has 1 atom stereocenters. The first kappa shape index (κ1) is 13.3. The Bertz CT molecular complexity index is 799. The van der Waals surface area contributed by atoms with E-state index in [9.17, 15) is 4.79 Å². The molecule has 1 aliphatic heterocycles. The Morgan fingerprint density at radius 3 is 3.23 bits per heavy atom. The Morgan fingerprint density at radius 2 is 2.36 bits per heavy atom. The number of imidazole rings is 1. The number of benzene rings is 1. The second kappa shape index (κ2) is 5.42. The molecular weight excluding hydrogens is 300 g/mol. The summed E-state index contributed by atoms with van der Waals surface area (Å²) in [5.74, 6) is 0.0294. The lowest BCUT2D eigenvalue weighted by atomic mass is 10.2. The van der Waals surface area contributed by atoms with Gasteiger partial charge in [-0.15, -0.1) is 0 Å². The first-order valence-electron chi connectivity index (χ1n) is 7.08. The number of rotatable bonds is 3. The maximum atomic E-state index is 12.6. The lowest BCUT2D eigenvalue weighted by molar-refractivity contribution is 0.0772. The molecule has 22 heavy (non-hydrogen) atoms. The average molecular weight is 314 g/mol. The van der Waals surface area contributed by atoms with Crippen LogP contribution in [0.3, 0.4) is 0 Å². The van der Waals surface area contributed by atoms with Gasteiger partial charge in [0.05, 0.1) is 23.9 Å². The van der Waals surface area contributed by atoms with Crippen molar-refractivity contribution in [1.29, 1.82) is 0 Å². The van der Waals surface area contributed by atoms with Crippen molar-refractivity contribution in [3.8, 4) is 5.19 Å². The summed E-state index contributed by atoms with van der Waals surface area (Å²) in [5.41, 5.74) is 2.41. The maximum Gasteiger partial charge on any atom is 0.273 e. The number of ether oxygens (including phenoxy) is 1. The molecule has 4 rings (SSSR count). The summed E-state index contributed by atoms with van der Waals surface area (Å²) in [5, 5.41) is 2.55. The quantitative estimate of drug-likeness (QED) is 0.805. The second-order valence-electron chi connectivity index (χ2n) is 5.21. The minimum Gasteiger partial charge on any atom is -0.465 e. The van der Waals surface area contributed by atoms with E-state index in [0.717, 1.165) is 17.5 Å². The van der Waals surface area contributed by atoms with Crippen molar-refractivity contribution in [3.63, 3.8) is 0 Å². The standard InChI is InChI=1S/C15H14N4O2S/c20-14(10-1-2-12-13(7-10)18-9-17-12)19-5-3-11(8-19)21-15-16-4-6-22-15/h1-2,4,6-7,9,11H,3,5,8H2,(H,17,18). The number of H-pyrrole nitrogens is 1. The molecule has 112 valence electrons. The number of fused-ring (bicyclic) bond motifs is 1. The van der Waals surface area contributed by atoms with Crippen LogP contribution in [-0.2, 0) is 0 Å². The number of amides is 1. The number of likely N-dealkylation sites (tertiary alicyclic amines) is 1. The Labute approximate surface area is 130 Å². The van der Waals surface area contributed by atoms with Gasteiger partial charge >= 0.3 is 0 Å². The highest BCUT2D eigenvalue weighted by atomic mass is 32.1. The third-order valence-corrected chi connectivity index (χ3v) is 4.44. The second-order valence-corrected chi connectivity index (χ2v) is 6.07. The van der Waals surface area contributed by atoms with Crippen LogP contribution in [-0.4, -0.2) is 45.0 Å². The van der Waals surface area contributed by atoms with Crippen LogP contribution in [0.2, 0.25) is 0 Å². The summed E-state index contributed by atoms with van der Waals surface area (Å²) in [7, 11) is 0. The lowest BCUT2D eigenvalue weighted by Crippen LogP contribution is -2.30. The summed E-state index contributed by atoms with van der Waals surface area (Å²) >= 11 is 1.47. The van der Waals surface area contributed by atoms with E-state index in [1.807, 2.05) is 28.5 Å². The van der Waals surface area contributed by atoms with Crippen LogP contribution in [0.25, 0.3) is 11.0 Å². The van der Waals surface area contributed by atoms with Crippen molar-refractivity contribution >= 4 is 28.3 Å². The number of hydrogen-bond donors (Lipinski definition) is 1. The number of hydrogen-bond acceptors (Lipinski definition) is 5. The predicted molar refractivity (Wildman–Crippen MR) is 83.1 cm³/mol. The molecule has 7 heteroatoms. The van der Waals surface area contributed by atoms with Crippen LogP contribution in [0.4, 0.5) is 0 Å². The molecule has 6 nitrogen and oxygen atoms in total. The molecular formula is C15H14N4O2S. The maximum absolute atomic E-state index is 12.6. The lowest BCUT2D eigenvalue weighted by Gasteiger charge is -2.16. The smallest absolute Gasteiger partial charge is 0.273 e. The van der Waals surface area contributed by atoms with Crippen molar-refractivity contribution in [3.05, 3.63) is 41.7 Å². The van der Waals surface area contributed by atoms with E-state index in [2.05, 4.69) is 15.0 Å². The number of aromatic nitrogens is 3. The van der Waals surface area contributed by atoms with Crippen LogP contribution in [0, 0.1) is 0 Å². The zero-order valence-electron chi connectivity index (χ0n) is 11.7. The van der Waals surface area contributed by atoms with Gasteiger partial charge in [0.1, 0.15) is 6.10 Å². The Kier molecular flexibility index (Phi) is 3.27. The molecule has 2 aromatic heterocycles. The van der Waals surface area contributed by atoms with E-state index in [1.54, 1.807) is 12.5 Å². The molecule has 1 aromatic carbocycles. The minimum atomic E-state index is 0.0194. The fourth-order valence-corrected chi connectivity index (χ4v) is 3.22. The van der Waals surface area contributed by atoms with E-state index in [0.29, 0.717) is 23.8 Å². The van der Waals surface area contributed by atoms with Crippen molar-refractivity contribution in [2.75, 3.05) is 13.1 Å². The molecule has 1 saturated heterocycles. The molecule has 0 aliphatic carbocycles. The zero-order valence-corrected chi connectivity index (χ0v) is 12.5. The molecule has 1 N–H and O–H groups in total. The van der Waals surface area contributed by atoms with Crippen molar-refractivity contribution in [2.45, 2.75) is 12.5 Å². The first-order valence-corrected chi connectivity index (χ1v) is 7.96. The average Bonchev–Trinajstić information content (AvgIpc) is 3.27. The van der Waals surface area contributed by atoms with Gasteiger partial charge in [-0.3, -0.25) is 4.79 Å². The van der Waals surface area contributed by atoms with Crippen LogP contribution in [0.5, 0.6) is 5.19 Å². The van der Waals surface area contributed by atoms with E-state index in [-0.39, 0.29) is 12.0 Å². The Balaban J connectivity index is 1.46. The van der Waals surface area contributed by atoms with Crippen LogP contribution >= 0.6 is 11.3 Å². The molecule has 0 radical (unpaired) electrons.